The number of pyridine rings is 1. The molecule has 2 amide bonds. The van der Waals surface area contributed by atoms with Gasteiger partial charge in [0.05, 0.1) is 17.9 Å². The lowest BCUT2D eigenvalue weighted by Gasteiger charge is -2.34. The minimum absolute atomic E-state index is 0.0287. The first-order valence-electron chi connectivity index (χ1n) is 12.8. The average molecular weight is 512 g/mol. The molecule has 1 fully saturated rings. The lowest BCUT2D eigenvalue weighted by atomic mass is 9.81. The normalized spacial score (nSPS) is 19.9. The molecule has 2 aromatic carbocycles. The van der Waals surface area contributed by atoms with Crippen molar-refractivity contribution in [1.29, 1.82) is 0 Å². The Bertz CT molecular complexity index is 1420. The second kappa shape index (κ2) is 10.1. The van der Waals surface area contributed by atoms with Crippen LogP contribution in [0.3, 0.4) is 0 Å². The predicted molar refractivity (Wildman–Crippen MR) is 142 cm³/mol. The number of aromatic nitrogens is 1. The molecule has 0 saturated carbocycles. The van der Waals surface area contributed by atoms with Gasteiger partial charge in [-0.1, -0.05) is 38.1 Å². The van der Waals surface area contributed by atoms with E-state index in [9.17, 15) is 19.5 Å². The fourth-order valence-electron chi connectivity index (χ4n) is 5.28. The smallest absolute Gasteiger partial charge is 0.296 e. The van der Waals surface area contributed by atoms with Gasteiger partial charge in [-0.3, -0.25) is 19.4 Å². The summed E-state index contributed by atoms with van der Waals surface area (Å²) in [5.41, 5.74) is 0.0385. The maximum atomic E-state index is 14.4. The molecule has 3 heterocycles. The molecule has 8 nitrogen and oxygen atoms in total. The molecule has 2 aliphatic rings. The highest BCUT2D eigenvalue weighted by Crippen LogP contribution is 2.54. The number of ketones is 1. The highest BCUT2D eigenvalue weighted by molar-refractivity contribution is 6.50. The van der Waals surface area contributed by atoms with Crippen molar-refractivity contribution in [2.45, 2.75) is 38.8 Å². The van der Waals surface area contributed by atoms with Gasteiger partial charge in [0, 0.05) is 36.6 Å². The molecule has 5 rings (SSSR count). The Labute approximate surface area is 221 Å². The van der Waals surface area contributed by atoms with Crippen molar-refractivity contribution in [2.24, 2.45) is 0 Å². The molecule has 1 unspecified atom stereocenters. The Morgan fingerprint density at radius 2 is 1.74 bits per heavy atom. The van der Waals surface area contributed by atoms with E-state index in [2.05, 4.69) is 4.98 Å². The van der Waals surface area contributed by atoms with Gasteiger partial charge in [0.1, 0.15) is 11.5 Å². The summed E-state index contributed by atoms with van der Waals surface area (Å²) in [6.45, 7) is 4.87. The molecule has 0 bridgehead atoms. The number of aliphatic hydroxyl groups is 1. The van der Waals surface area contributed by atoms with Crippen molar-refractivity contribution >= 4 is 29.0 Å². The Hall–Kier alpha value is -4.46. The van der Waals surface area contributed by atoms with E-state index >= 15 is 0 Å². The van der Waals surface area contributed by atoms with Crippen molar-refractivity contribution in [3.8, 4) is 5.75 Å². The predicted octanol–water partition coefficient (Wildman–Crippen LogP) is 4.40. The molecule has 1 spiro atoms. The van der Waals surface area contributed by atoms with Gasteiger partial charge in [-0.15, -0.1) is 0 Å². The van der Waals surface area contributed by atoms with E-state index in [1.54, 1.807) is 65.8 Å². The third-order valence-electron chi connectivity index (χ3n) is 6.92. The number of fused-ring (bicyclic) bond motifs is 2. The van der Waals surface area contributed by atoms with Crippen LogP contribution >= 0.6 is 0 Å². The molecule has 2 aliphatic heterocycles. The number of para-hydroxylation sites is 1. The van der Waals surface area contributed by atoms with Crippen LogP contribution in [-0.4, -0.2) is 45.7 Å². The quantitative estimate of drug-likeness (QED) is 0.273. The summed E-state index contributed by atoms with van der Waals surface area (Å²) in [6, 6.07) is 17.3. The van der Waals surface area contributed by atoms with Crippen LogP contribution in [0.4, 0.5) is 5.69 Å². The van der Waals surface area contributed by atoms with E-state index in [-0.39, 0.29) is 12.1 Å². The van der Waals surface area contributed by atoms with Gasteiger partial charge in [0.15, 0.2) is 5.54 Å². The molecule has 8 heteroatoms. The summed E-state index contributed by atoms with van der Waals surface area (Å²) in [7, 11) is 0. The summed E-state index contributed by atoms with van der Waals surface area (Å²) in [6.07, 6.45) is 4.72. The lowest BCUT2D eigenvalue weighted by molar-refractivity contribution is -0.144. The summed E-state index contributed by atoms with van der Waals surface area (Å²) in [5, 5.41) is 11.6. The van der Waals surface area contributed by atoms with Crippen LogP contribution in [0.25, 0.3) is 5.76 Å². The molecule has 38 heavy (non-hydrogen) atoms. The molecule has 1 atom stereocenters. The Balaban J connectivity index is 1.74. The minimum atomic E-state index is -1.81. The van der Waals surface area contributed by atoms with Crippen LogP contribution in [0, 0.1) is 0 Å². The molecule has 3 aromatic rings. The number of carbonyl (C=O) groups is 3. The molecule has 1 N–H and O–H groups in total. The van der Waals surface area contributed by atoms with Crippen LogP contribution in [0.15, 0.2) is 78.6 Å². The van der Waals surface area contributed by atoms with Crippen molar-refractivity contribution < 1.29 is 24.2 Å². The van der Waals surface area contributed by atoms with E-state index in [0.717, 1.165) is 6.42 Å². The fraction of sp³-hybridized carbons (Fsp3) is 0.267. The number of Topliss-reactive ketones (excluding diaryl/α,β-unsaturated/α-hetero) is 1. The topological polar surface area (TPSA) is 100 Å². The van der Waals surface area contributed by atoms with Crippen LogP contribution in [0.2, 0.25) is 0 Å². The number of anilines is 1. The summed E-state index contributed by atoms with van der Waals surface area (Å²) >= 11 is 0. The van der Waals surface area contributed by atoms with Gasteiger partial charge in [0.25, 0.3) is 17.6 Å². The van der Waals surface area contributed by atoms with Gasteiger partial charge < -0.3 is 19.6 Å². The summed E-state index contributed by atoms with van der Waals surface area (Å²) in [4.78, 5) is 48.7. The van der Waals surface area contributed by atoms with Crippen molar-refractivity contribution in [1.82, 2.24) is 9.88 Å². The maximum Gasteiger partial charge on any atom is 0.296 e. The lowest BCUT2D eigenvalue weighted by Crippen LogP contribution is -2.51. The highest BCUT2D eigenvalue weighted by atomic mass is 16.5. The van der Waals surface area contributed by atoms with Gasteiger partial charge in [-0.05, 0) is 54.8 Å². The van der Waals surface area contributed by atoms with Crippen molar-refractivity contribution in [3.05, 3.63) is 95.3 Å². The number of nitrogens with zero attached hydrogens (tertiary/aromatic N) is 3. The monoisotopic (exact) mass is 511 g/mol. The summed E-state index contributed by atoms with van der Waals surface area (Å²) in [5.74, 6) is -1.97. The molecule has 0 radical (unpaired) electrons. The van der Waals surface area contributed by atoms with Gasteiger partial charge >= 0.3 is 0 Å². The largest absolute Gasteiger partial charge is 0.507 e. The van der Waals surface area contributed by atoms with Crippen LogP contribution < -0.4 is 9.64 Å². The highest BCUT2D eigenvalue weighted by Gasteiger charge is 2.67. The molecular formula is C30H29N3O5. The second-order valence-corrected chi connectivity index (χ2v) is 9.36. The Kier molecular flexibility index (Phi) is 6.72. The third-order valence-corrected chi connectivity index (χ3v) is 6.92. The Morgan fingerprint density at radius 1 is 0.974 bits per heavy atom. The average Bonchev–Trinajstić information content (AvgIpc) is 3.32. The molecule has 0 aliphatic carbocycles. The van der Waals surface area contributed by atoms with Crippen molar-refractivity contribution in [2.75, 3.05) is 18.1 Å². The first-order chi connectivity index (χ1) is 18.4. The number of carbonyl (C=O) groups excluding carboxylic acids is 3. The van der Waals surface area contributed by atoms with Gasteiger partial charge in [0.2, 0.25) is 0 Å². The maximum absolute atomic E-state index is 14.4. The number of likely N-dealkylation sites (tertiary alicyclic amines) is 1. The second-order valence-electron chi connectivity index (χ2n) is 9.36. The van der Waals surface area contributed by atoms with Gasteiger partial charge in [-0.25, -0.2) is 0 Å². The van der Waals surface area contributed by atoms with E-state index in [4.69, 9.17) is 4.74 Å². The molecule has 194 valence electrons. The van der Waals surface area contributed by atoms with Crippen LogP contribution in [0.1, 0.15) is 43.4 Å². The number of aliphatic hydroxyl groups excluding tert-OH is 1. The zero-order valence-electron chi connectivity index (χ0n) is 21.4. The first-order valence-corrected chi connectivity index (χ1v) is 12.8. The van der Waals surface area contributed by atoms with E-state index < -0.39 is 28.9 Å². The van der Waals surface area contributed by atoms with E-state index in [1.165, 1.54) is 4.90 Å². The Morgan fingerprint density at radius 3 is 2.42 bits per heavy atom. The zero-order valence-corrected chi connectivity index (χ0v) is 21.4. The van der Waals surface area contributed by atoms with Crippen molar-refractivity contribution in [3.63, 3.8) is 0 Å². The first kappa shape index (κ1) is 25.2. The number of hydrogen-bond donors (Lipinski definition) is 1. The third kappa shape index (κ3) is 3.84. The van der Waals surface area contributed by atoms with Crippen LogP contribution in [0.5, 0.6) is 5.75 Å². The zero-order chi connectivity index (χ0) is 26.9. The van der Waals surface area contributed by atoms with E-state index in [1.807, 2.05) is 26.0 Å². The minimum Gasteiger partial charge on any atom is -0.507 e. The molecular weight excluding hydrogens is 482 g/mol. The molecule has 1 aromatic heterocycles. The standard InChI is InChI=1S/C30H29N3O5/c1-3-16-32-24-10-6-5-9-23(24)30(29(32)37)25(26(34)21-11-13-22(14-12-21)38-17-4-2)27(35)28(36)33(30)19-20-8-7-15-31-18-20/h5-15,18,34H,3-4,16-17,19H2,1-2H3/b26-25-. The summed E-state index contributed by atoms with van der Waals surface area (Å²) < 4.78 is 5.64. The SMILES string of the molecule is CCCOc1ccc(/C(O)=C2\C(=O)C(=O)N(Cc3cccnc3)C23C(=O)N(CCC)c2ccccc23)cc1. The fourth-order valence-corrected chi connectivity index (χ4v) is 5.28. The van der Waals surface area contributed by atoms with Crippen LogP contribution in [-0.2, 0) is 26.5 Å². The number of ether oxygens (including phenoxy) is 1. The number of rotatable bonds is 8. The number of benzene rings is 2. The van der Waals surface area contributed by atoms with Gasteiger partial charge in [-0.2, -0.15) is 0 Å². The molecule has 1 saturated heterocycles. The number of hydrogen-bond acceptors (Lipinski definition) is 6. The number of amides is 2. The van der Waals surface area contributed by atoms with E-state index in [0.29, 0.717) is 47.7 Å².